The summed E-state index contributed by atoms with van der Waals surface area (Å²) in [6.45, 7) is 4.53. The predicted molar refractivity (Wildman–Crippen MR) is 113 cm³/mol. The lowest BCUT2D eigenvalue weighted by atomic mass is 10.1. The second-order valence-electron chi connectivity index (χ2n) is 6.04. The number of nitrogens with zero attached hydrogens (tertiary/aromatic N) is 1. The van der Waals surface area contributed by atoms with Crippen molar-refractivity contribution in [1.29, 1.82) is 0 Å². The Morgan fingerprint density at radius 3 is 2.36 bits per heavy atom. The van der Waals surface area contributed by atoms with Crippen molar-refractivity contribution in [3.05, 3.63) is 65.5 Å². The molecular weight excluding hydrogens is 399 g/mol. The Morgan fingerprint density at radius 2 is 1.75 bits per heavy atom. The summed E-state index contributed by atoms with van der Waals surface area (Å²) in [5.74, 6) is -0.287. The molecule has 0 aromatic heterocycles. The minimum absolute atomic E-state index is 0.210. The van der Waals surface area contributed by atoms with Crippen LogP contribution in [0.2, 0.25) is 0 Å². The molecule has 6 nitrogen and oxygen atoms in total. The average molecular weight is 423 g/mol. The largest absolute Gasteiger partial charge is 0.357 e. The Kier molecular flexibility index (Phi) is 8.04. The number of hydrogen-bond acceptors (Lipinski definition) is 4. The van der Waals surface area contributed by atoms with Crippen LogP contribution < -0.4 is 15.5 Å². The van der Waals surface area contributed by atoms with Crippen molar-refractivity contribution in [2.75, 3.05) is 6.54 Å². The molecule has 0 amide bonds. The van der Waals surface area contributed by atoms with Gasteiger partial charge in [0.1, 0.15) is 5.82 Å². The summed E-state index contributed by atoms with van der Waals surface area (Å²) >= 11 is 5.17. The van der Waals surface area contributed by atoms with Crippen molar-refractivity contribution >= 4 is 33.1 Å². The van der Waals surface area contributed by atoms with Crippen LogP contribution in [0.15, 0.2) is 58.5 Å². The Bertz CT molecular complexity index is 927. The van der Waals surface area contributed by atoms with E-state index >= 15 is 0 Å². The van der Waals surface area contributed by atoms with Gasteiger partial charge in [-0.2, -0.15) is 5.10 Å². The molecule has 0 unspecified atom stereocenters. The van der Waals surface area contributed by atoms with Crippen molar-refractivity contribution in [2.45, 2.75) is 31.7 Å². The van der Waals surface area contributed by atoms with Gasteiger partial charge in [0.25, 0.3) is 0 Å². The Balaban J connectivity index is 1.91. The van der Waals surface area contributed by atoms with Crippen LogP contribution in [0.1, 0.15) is 31.4 Å². The number of hydrogen-bond donors (Lipinski definition) is 3. The number of sulfonamides is 1. The zero-order chi connectivity index (χ0) is 20.6. The highest BCUT2D eigenvalue weighted by molar-refractivity contribution is 7.89. The van der Waals surface area contributed by atoms with E-state index in [1.54, 1.807) is 31.2 Å². The fourth-order valence-corrected chi connectivity index (χ4v) is 3.47. The third-order valence-corrected chi connectivity index (χ3v) is 5.53. The van der Waals surface area contributed by atoms with E-state index in [1.807, 2.05) is 6.92 Å². The smallest absolute Gasteiger partial charge is 0.240 e. The second-order valence-corrected chi connectivity index (χ2v) is 8.22. The summed E-state index contributed by atoms with van der Waals surface area (Å²) in [7, 11) is -3.49. The number of rotatable bonds is 8. The van der Waals surface area contributed by atoms with Gasteiger partial charge in [-0.05, 0) is 61.0 Å². The van der Waals surface area contributed by atoms with E-state index in [4.69, 9.17) is 12.2 Å². The van der Waals surface area contributed by atoms with Gasteiger partial charge in [-0.15, -0.1) is 0 Å². The first-order valence-electron chi connectivity index (χ1n) is 8.74. The fourth-order valence-electron chi connectivity index (χ4n) is 2.22. The van der Waals surface area contributed by atoms with Gasteiger partial charge in [-0.25, -0.2) is 17.5 Å². The zero-order valence-electron chi connectivity index (χ0n) is 15.7. The molecule has 9 heteroatoms. The molecule has 2 rings (SSSR count). The van der Waals surface area contributed by atoms with E-state index < -0.39 is 10.0 Å². The van der Waals surface area contributed by atoms with Crippen molar-refractivity contribution in [2.24, 2.45) is 5.10 Å². The summed E-state index contributed by atoms with van der Waals surface area (Å²) in [6, 6.07) is 12.6. The highest BCUT2D eigenvalue weighted by atomic mass is 32.2. The Labute approximate surface area is 170 Å². The second kappa shape index (κ2) is 10.3. The third-order valence-electron chi connectivity index (χ3n) is 3.82. The van der Waals surface area contributed by atoms with Crippen LogP contribution in [-0.4, -0.2) is 25.8 Å². The van der Waals surface area contributed by atoms with E-state index in [0.717, 1.165) is 17.5 Å². The van der Waals surface area contributed by atoms with Gasteiger partial charge in [0.2, 0.25) is 10.0 Å². The molecule has 0 radical (unpaired) electrons. The molecule has 3 N–H and O–H groups in total. The lowest BCUT2D eigenvalue weighted by molar-refractivity contribution is 0.581. The molecule has 2 aromatic rings. The molecule has 0 spiro atoms. The van der Waals surface area contributed by atoms with Crippen LogP contribution in [0.3, 0.4) is 0 Å². The van der Waals surface area contributed by atoms with Gasteiger partial charge >= 0.3 is 0 Å². The molecule has 0 aliphatic heterocycles. The number of halogens is 1. The molecule has 0 aliphatic carbocycles. The molecule has 0 saturated heterocycles. The number of hydrazone groups is 1. The minimum Gasteiger partial charge on any atom is -0.357 e. The lowest BCUT2D eigenvalue weighted by Gasteiger charge is -2.09. The first-order valence-corrected chi connectivity index (χ1v) is 10.6. The maximum atomic E-state index is 12.9. The maximum absolute atomic E-state index is 12.9. The molecule has 0 atom stereocenters. The summed E-state index contributed by atoms with van der Waals surface area (Å²) in [6.07, 6.45) is 0.726. The van der Waals surface area contributed by atoms with Gasteiger partial charge in [-0.3, -0.25) is 5.43 Å². The molecule has 0 saturated carbocycles. The third kappa shape index (κ3) is 6.66. The molecule has 2 aromatic carbocycles. The van der Waals surface area contributed by atoms with Crippen LogP contribution in [0, 0.1) is 5.82 Å². The zero-order valence-corrected chi connectivity index (χ0v) is 17.3. The maximum Gasteiger partial charge on any atom is 0.240 e. The van der Waals surface area contributed by atoms with E-state index in [-0.39, 0.29) is 10.7 Å². The molecule has 150 valence electrons. The average Bonchev–Trinajstić information content (AvgIpc) is 2.70. The number of thiocarbonyl (C=S) groups is 1. The SMILES string of the molecule is CCCNS(=O)(=O)c1ccc(/C(C)=N\NC(=S)NCc2ccc(F)cc2)cc1. The van der Waals surface area contributed by atoms with Crippen LogP contribution in [0.25, 0.3) is 0 Å². The highest BCUT2D eigenvalue weighted by Gasteiger charge is 2.12. The molecule has 0 aliphatic rings. The Morgan fingerprint density at radius 1 is 1.11 bits per heavy atom. The molecule has 0 fully saturated rings. The Hall–Kier alpha value is -2.36. The summed E-state index contributed by atoms with van der Waals surface area (Å²) in [4.78, 5) is 0.210. The molecule has 0 heterocycles. The first kappa shape index (κ1) is 21.9. The van der Waals surface area contributed by atoms with Crippen LogP contribution in [-0.2, 0) is 16.6 Å². The van der Waals surface area contributed by atoms with Gasteiger partial charge in [0.15, 0.2) is 5.11 Å². The standard InChI is InChI=1S/C19H23FN4O2S2/c1-3-12-22-28(25,26)18-10-6-16(7-11-18)14(2)23-24-19(27)21-13-15-4-8-17(20)9-5-15/h4-11,22H,3,12-13H2,1-2H3,(H2,21,24,27)/b23-14-. The van der Waals surface area contributed by atoms with Gasteiger partial charge in [0.05, 0.1) is 10.6 Å². The molecular formula is C19H23FN4O2S2. The predicted octanol–water partition coefficient (Wildman–Crippen LogP) is 2.90. The van der Waals surface area contributed by atoms with Crippen molar-refractivity contribution in [1.82, 2.24) is 15.5 Å². The monoisotopic (exact) mass is 422 g/mol. The first-order chi connectivity index (χ1) is 13.3. The van der Waals surface area contributed by atoms with Gasteiger partial charge in [0, 0.05) is 13.1 Å². The topological polar surface area (TPSA) is 82.6 Å². The van der Waals surface area contributed by atoms with Crippen LogP contribution in [0.5, 0.6) is 0 Å². The van der Waals surface area contributed by atoms with E-state index in [1.165, 1.54) is 24.3 Å². The molecule has 28 heavy (non-hydrogen) atoms. The van der Waals surface area contributed by atoms with Gasteiger partial charge < -0.3 is 5.32 Å². The minimum atomic E-state index is -3.49. The van der Waals surface area contributed by atoms with E-state index in [0.29, 0.717) is 23.9 Å². The summed E-state index contributed by atoms with van der Waals surface area (Å²) < 4.78 is 39.6. The van der Waals surface area contributed by atoms with E-state index in [9.17, 15) is 12.8 Å². The van der Waals surface area contributed by atoms with Crippen LogP contribution in [0.4, 0.5) is 4.39 Å². The summed E-state index contributed by atoms with van der Waals surface area (Å²) in [5, 5.41) is 7.50. The normalized spacial score (nSPS) is 11.9. The highest BCUT2D eigenvalue weighted by Crippen LogP contribution is 2.11. The summed E-state index contributed by atoms with van der Waals surface area (Å²) in [5.41, 5.74) is 5.04. The van der Waals surface area contributed by atoms with Crippen molar-refractivity contribution in [3.8, 4) is 0 Å². The number of benzene rings is 2. The van der Waals surface area contributed by atoms with Crippen LogP contribution >= 0.6 is 12.2 Å². The van der Waals surface area contributed by atoms with Gasteiger partial charge in [-0.1, -0.05) is 31.2 Å². The quantitative estimate of drug-likeness (QED) is 0.346. The number of nitrogens with one attached hydrogen (secondary N) is 3. The fraction of sp³-hybridized carbons (Fsp3) is 0.263. The molecule has 0 bridgehead atoms. The lowest BCUT2D eigenvalue weighted by Crippen LogP contribution is -2.32. The van der Waals surface area contributed by atoms with Crippen molar-refractivity contribution < 1.29 is 12.8 Å². The van der Waals surface area contributed by atoms with Crippen molar-refractivity contribution in [3.63, 3.8) is 0 Å². The van der Waals surface area contributed by atoms with E-state index in [2.05, 4.69) is 20.6 Å².